The second kappa shape index (κ2) is 15.5. The maximum atomic E-state index is 15.5. The average molecular weight is 937 g/mol. The maximum absolute atomic E-state index is 15.5. The van der Waals surface area contributed by atoms with Crippen molar-refractivity contribution in [3.05, 3.63) is 138 Å². The molecule has 18 heteroatoms. The number of halogens is 2. The Kier molecular flexibility index (Phi) is 10.3. The highest BCUT2D eigenvalue weighted by molar-refractivity contribution is 7.93. The highest BCUT2D eigenvalue weighted by atomic mass is 35.5. The number of imidazole rings is 1. The van der Waals surface area contributed by atoms with Crippen molar-refractivity contribution >= 4 is 49.7 Å². The summed E-state index contributed by atoms with van der Waals surface area (Å²) in [6, 6.07) is 14.0. The largest absolute Gasteiger partial charge is 0.438 e. The van der Waals surface area contributed by atoms with Crippen LogP contribution in [-0.2, 0) is 26.5 Å². The molecule has 0 radical (unpaired) electrons. The number of rotatable bonds is 7. The summed E-state index contributed by atoms with van der Waals surface area (Å²) in [6.07, 6.45) is 7.24. The van der Waals surface area contributed by atoms with Crippen LogP contribution in [-0.4, -0.2) is 75.7 Å². The van der Waals surface area contributed by atoms with Crippen LogP contribution in [0.2, 0.25) is 5.02 Å². The molecule has 4 aliphatic rings. The number of hydrogen-bond donors (Lipinski definition) is 2. The van der Waals surface area contributed by atoms with Crippen LogP contribution in [0.3, 0.4) is 0 Å². The predicted octanol–water partition coefficient (Wildman–Crippen LogP) is 7.83. The SMILES string of the molecule is Cc1cc(N=C(C2=C(N)CCN(C(=O)c3cc4cc([C@H]5CCOC(C)(C)C5)ccc4n3[C@@]3(c4noc(=O)[nH]4)C[C@@H]3C)[C@H]2C)n2ccn(-c3ccc4c(c3Cl)CN=[S@@]4(C)=O)c2=O)cc(C)c1F. The van der Waals surface area contributed by atoms with Gasteiger partial charge in [0.25, 0.3) is 5.91 Å². The van der Waals surface area contributed by atoms with E-state index >= 15 is 9.18 Å². The molecule has 0 spiro atoms. The van der Waals surface area contributed by atoms with E-state index in [4.69, 9.17) is 31.6 Å². The smallest absolute Gasteiger partial charge is 0.402 e. The molecule has 15 nitrogen and oxygen atoms in total. The molecule has 2 fully saturated rings. The summed E-state index contributed by atoms with van der Waals surface area (Å²) in [4.78, 5) is 52.8. The number of amides is 1. The Morgan fingerprint density at radius 2 is 1.80 bits per heavy atom. The molecular weight excluding hydrogens is 885 g/mol. The molecule has 6 heterocycles. The van der Waals surface area contributed by atoms with Gasteiger partial charge in [-0.25, -0.2) is 27.5 Å². The number of aromatic amines is 1. The van der Waals surface area contributed by atoms with Gasteiger partial charge < -0.3 is 19.9 Å². The lowest BCUT2D eigenvalue weighted by atomic mass is 9.83. The Morgan fingerprint density at radius 3 is 2.48 bits per heavy atom. The Balaban J connectivity index is 1.10. The van der Waals surface area contributed by atoms with Crippen molar-refractivity contribution in [2.75, 3.05) is 19.4 Å². The van der Waals surface area contributed by atoms with Crippen molar-refractivity contribution in [1.29, 1.82) is 0 Å². The van der Waals surface area contributed by atoms with Gasteiger partial charge in [0.1, 0.15) is 22.9 Å². The summed E-state index contributed by atoms with van der Waals surface area (Å²) in [5, 5.41) is 5.29. The van der Waals surface area contributed by atoms with Gasteiger partial charge in [-0.15, -0.1) is 0 Å². The van der Waals surface area contributed by atoms with Crippen LogP contribution < -0.4 is 17.2 Å². The van der Waals surface area contributed by atoms with Gasteiger partial charge in [-0.2, -0.15) is 0 Å². The van der Waals surface area contributed by atoms with E-state index in [-0.39, 0.29) is 59.5 Å². The number of fused-ring (bicyclic) bond motifs is 2. The molecule has 3 aromatic heterocycles. The van der Waals surface area contributed by atoms with E-state index in [2.05, 4.69) is 53.5 Å². The van der Waals surface area contributed by atoms with Gasteiger partial charge in [0, 0.05) is 66.0 Å². The first kappa shape index (κ1) is 43.8. The Bertz CT molecular complexity index is 3340. The zero-order valence-electron chi connectivity index (χ0n) is 37.8. The van der Waals surface area contributed by atoms with Crippen LogP contribution in [0.5, 0.6) is 0 Å². The molecule has 1 aliphatic carbocycles. The number of carbonyl (C=O) groups is 1. The fourth-order valence-corrected chi connectivity index (χ4v) is 12.4. The monoisotopic (exact) mass is 935 g/mol. The number of H-pyrrole nitrogens is 1. The van der Waals surface area contributed by atoms with Crippen molar-refractivity contribution in [3.8, 4) is 5.69 Å². The van der Waals surface area contributed by atoms with Gasteiger partial charge >= 0.3 is 11.4 Å². The lowest BCUT2D eigenvalue weighted by molar-refractivity contribution is -0.0592. The second-order valence-electron chi connectivity index (χ2n) is 18.9. The van der Waals surface area contributed by atoms with Crippen LogP contribution in [0.15, 0.2) is 101 Å². The number of nitrogens with two attached hydrogens (primary N) is 1. The molecule has 3 N–H and O–H groups in total. The maximum Gasteiger partial charge on any atom is 0.438 e. The fraction of sp³-hybridized carbons (Fsp3) is 0.396. The molecule has 1 amide bonds. The third-order valence-electron chi connectivity index (χ3n) is 14.1. The number of nitrogens with one attached hydrogen (secondary N) is 1. The van der Waals surface area contributed by atoms with E-state index in [1.54, 1.807) is 61.7 Å². The highest BCUT2D eigenvalue weighted by Crippen LogP contribution is 2.56. The quantitative estimate of drug-likeness (QED) is 0.120. The van der Waals surface area contributed by atoms with E-state index in [1.807, 2.05) is 17.6 Å². The zero-order chi connectivity index (χ0) is 46.8. The van der Waals surface area contributed by atoms with Gasteiger partial charge in [-0.05, 0) is 125 Å². The van der Waals surface area contributed by atoms with Crippen molar-refractivity contribution in [1.82, 2.24) is 28.7 Å². The predicted molar refractivity (Wildman–Crippen MR) is 250 cm³/mol. The van der Waals surface area contributed by atoms with Crippen LogP contribution in [0.25, 0.3) is 16.6 Å². The Labute approximate surface area is 385 Å². The molecule has 0 unspecified atom stereocenters. The number of aromatic nitrogens is 5. The minimum Gasteiger partial charge on any atom is -0.402 e. The summed E-state index contributed by atoms with van der Waals surface area (Å²) in [5.74, 6) is -0.635. The molecular formula is C48H51ClFN9O6S. The highest BCUT2D eigenvalue weighted by Gasteiger charge is 2.59. The second-order valence-corrected chi connectivity index (χ2v) is 21.6. The zero-order valence-corrected chi connectivity index (χ0v) is 39.3. The van der Waals surface area contributed by atoms with Crippen LogP contribution in [0.1, 0.15) is 97.9 Å². The summed E-state index contributed by atoms with van der Waals surface area (Å²) in [5.41, 5.74) is 10.5. The first-order valence-electron chi connectivity index (χ1n) is 22.1. The number of nitrogens with zero attached hydrogens (tertiary/aromatic N) is 7. The molecule has 0 bridgehead atoms. The van der Waals surface area contributed by atoms with Gasteiger partial charge in [0.15, 0.2) is 5.82 Å². The van der Waals surface area contributed by atoms with E-state index in [0.29, 0.717) is 68.8 Å². The molecule has 5 atom stereocenters. The van der Waals surface area contributed by atoms with Gasteiger partial charge in [-0.3, -0.25) is 23.4 Å². The average Bonchev–Trinajstić information content (AvgIpc) is 3.71. The van der Waals surface area contributed by atoms with Crippen molar-refractivity contribution in [2.45, 2.75) is 102 Å². The molecule has 1 saturated heterocycles. The van der Waals surface area contributed by atoms with E-state index in [9.17, 15) is 13.8 Å². The summed E-state index contributed by atoms with van der Waals surface area (Å²) in [6.45, 7) is 12.4. The lowest BCUT2D eigenvalue weighted by Gasteiger charge is -2.37. The van der Waals surface area contributed by atoms with Gasteiger partial charge in [0.05, 0.1) is 49.2 Å². The number of benzene rings is 3. The number of carbonyl (C=O) groups excluding carboxylic acids is 1. The summed E-state index contributed by atoms with van der Waals surface area (Å²) in [7, 11) is -2.62. The number of aryl methyl sites for hydroxylation is 2. The van der Waals surface area contributed by atoms with Gasteiger partial charge in [0.2, 0.25) is 0 Å². The minimum atomic E-state index is -2.62. The van der Waals surface area contributed by atoms with Crippen LogP contribution in [0, 0.1) is 25.6 Å². The number of aliphatic imine (C=N–C) groups is 1. The third-order valence-corrected chi connectivity index (χ3v) is 16.3. The van der Waals surface area contributed by atoms with Gasteiger partial charge in [-0.1, -0.05) is 29.7 Å². The van der Waals surface area contributed by atoms with E-state index < -0.39 is 32.8 Å². The molecule has 1 saturated carbocycles. The van der Waals surface area contributed by atoms with E-state index in [0.717, 1.165) is 29.3 Å². The standard InChI is InChI=1S/C48H51ClFN9O6S/c1-25-18-32(19-26(2)41(25)50)53-42(58-16-15-57(46(58)62)36-10-11-38-33(40(36)49)24-52-66(38,7)63)39-28(4)56(14-12-34(39)51)43(60)37-21-31-20-29(30-13-17-64-47(5,6)23-30)8-9-35(31)59(37)48(22-27(48)3)44-54-45(61)65-55-44/h8-11,15-16,18-21,27-28,30H,12-14,17,22-24,51H2,1-7H3,(H,54,55,61)/t27-,28-,30-,48-,66-/m0/s1. The van der Waals surface area contributed by atoms with E-state index in [1.165, 1.54) is 9.13 Å². The number of ether oxygens (including phenoxy) is 1. The molecule has 66 heavy (non-hydrogen) atoms. The summed E-state index contributed by atoms with van der Waals surface area (Å²) >= 11 is 6.92. The van der Waals surface area contributed by atoms with Crippen molar-refractivity contribution in [3.63, 3.8) is 0 Å². The third kappa shape index (κ3) is 7.00. The van der Waals surface area contributed by atoms with Crippen LogP contribution >= 0.6 is 11.6 Å². The molecule has 344 valence electrons. The molecule has 10 rings (SSSR count). The van der Waals surface area contributed by atoms with Crippen LogP contribution in [0.4, 0.5) is 10.1 Å². The van der Waals surface area contributed by atoms with Crippen molar-refractivity contribution in [2.24, 2.45) is 21.0 Å². The lowest BCUT2D eigenvalue weighted by Crippen LogP contribution is -2.49. The first-order chi connectivity index (χ1) is 31.3. The first-order valence-corrected chi connectivity index (χ1v) is 24.4. The molecule has 3 aromatic carbocycles. The molecule has 6 aromatic rings. The number of hydrogen-bond acceptors (Lipinski definition) is 10. The Hall–Kier alpha value is -6.04. The topological polar surface area (TPSA) is 188 Å². The Morgan fingerprint density at radius 1 is 1.06 bits per heavy atom. The van der Waals surface area contributed by atoms with Crippen molar-refractivity contribution < 1.29 is 22.7 Å². The fourth-order valence-electron chi connectivity index (χ4n) is 10.5. The summed E-state index contributed by atoms with van der Waals surface area (Å²) < 4.78 is 48.2. The normalized spacial score (nSPS) is 25.1. The molecule has 3 aliphatic heterocycles. The minimum absolute atomic E-state index is 0.0156.